The third-order valence-corrected chi connectivity index (χ3v) is 3.78. The van der Waals surface area contributed by atoms with E-state index in [1.807, 2.05) is 13.0 Å². The molecule has 21 heavy (non-hydrogen) atoms. The van der Waals surface area contributed by atoms with E-state index in [1.54, 1.807) is 6.07 Å². The Bertz CT molecular complexity index is 445. The maximum Gasteiger partial charge on any atom is 0.142 e. The molecule has 0 fully saturated rings. The zero-order valence-electron chi connectivity index (χ0n) is 13.7. The first-order valence-electron chi connectivity index (χ1n) is 7.58. The predicted molar refractivity (Wildman–Crippen MR) is 87.4 cm³/mol. The summed E-state index contributed by atoms with van der Waals surface area (Å²) in [6.07, 6.45) is 0.769. The van der Waals surface area contributed by atoms with Crippen LogP contribution in [-0.2, 0) is 11.2 Å². The van der Waals surface area contributed by atoms with Gasteiger partial charge in [-0.15, -0.1) is 0 Å². The first kappa shape index (κ1) is 18.4. The Labute approximate surface area is 133 Å². The molecule has 0 spiro atoms. The number of hydrogen-bond acceptors (Lipinski definition) is 2. The standard InChI is InChI=1S/C17H27ClFNO/c1-6-20-15(16(21-7-2)17(3,4)5)11-12-8-9-13(18)14(19)10-12/h8-10,15-16,20H,6-7,11H2,1-5H3. The van der Waals surface area contributed by atoms with E-state index in [2.05, 4.69) is 33.0 Å². The van der Waals surface area contributed by atoms with Gasteiger partial charge in [0.2, 0.25) is 0 Å². The van der Waals surface area contributed by atoms with Gasteiger partial charge in [-0.1, -0.05) is 45.4 Å². The van der Waals surface area contributed by atoms with Crippen molar-refractivity contribution in [1.82, 2.24) is 5.32 Å². The van der Waals surface area contributed by atoms with Gasteiger partial charge in [0.25, 0.3) is 0 Å². The van der Waals surface area contributed by atoms with E-state index in [-0.39, 0.29) is 28.4 Å². The van der Waals surface area contributed by atoms with Crippen molar-refractivity contribution in [2.45, 2.75) is 53.2 Å². The molecule has 2 nitrogen and oxygen atoms in total. The first-order valence-corrected chi connectivity index (χ1v) is 7.96. The second kappa shape index (κ2) is 8.11. The van der Waals surface area contributed by atoms with E-state index in [0.717, 1.165) is 12.1 Å². The number of nitrogens with one attached hydrogen (secondary N) is 1. The molecule has 0 aliphatic carbocycles. The van der Waals surface area contributed by atoms with Crippen molar-refractivity contribution >= 4 is 11.6 Å². The van der Waals surface area contributed by atoms with Crippen molar-refractivity contribution in [3.8, 4) is 0 Å². The van der Waals surface area contributed by atoms with Crippen LogP contribution >= 0.6 is 11.6 Å². The molecule has 120 valence electrons. The quantitative estimate of drug-likeness (QED) is 0.802. The molecule has 0 aliphatic rings. The minimum atomic E-state index is -0.367. The highest BCUT2D eigenvalue weighted by Gasteiger charge is 2.32. The molecular formula is C17H27ClFNO. The van der Waals surface area contributed by atoms with Crippen LogP contribution in [0.15, 0.2) is 18.2 Å². The van der Waals surface area contributed by atoms with Crippen LogP contribution in [0.2, 0.25) is 5.02 Å². The van der Waals surface area contributed by atoms with Gasteiger partial charge in [0.05, 0.1) is 11.1 Å². The average molecular weight is 316 g/mol. The smallest absolute Gasteiger partial charge is 0.142 e. The van der Waals surface area contributed by atoms with Crippen LogP contribution in [0.4, 0.5) is 4.39 Å². The molecular weight excluding hydrogens is 289 g/mol. The van der Waals surface area contributed by atoms with Crippen LogP contribution in [0, 0.1) is 11.2 Å². The summed E-state index contributed by atoms with van der Waals surface area (Å²) >= 11 is 5.75. The highest BCUT2D eigenvalue weighted by atomic mass is 35.5. The number of rotatable bonds is 7. The van der Waals surface area contributed by atoms with E-state index in [9.17, 15) is 4.39 Å². The molecule has 0 saturated carbocycles. The van der Waals surface area contributed by atoms with Crippen LogP contribution < -0.4 is 5.32 Å². The summed E-state index contributed by atoms with van der Waals surface area (Å²) in [4.78, 5) is 0. The molecule has 0 saturated heterocycles. The lowest BCUT2D eigenvalue weighted by Gasteiger charge is -2.37. The summed E-state index contributed by atoms with van der Waals surface area (Å²) in [5.41, 5.74) is 0.935. The molecule has 1 rings (SSSR count). The van der Waals surface area contributed by atoms with Gasteiger partial charge in [-0.25, -0.2) is 4.39 Å². The largest absolute Gasteiger partial charge is 0.376 e. The maximum absolute atomic E-state index is 13.6. The van der Waals surface area contributed by atoms with Crippen molar-refractivity contribution in [3.05, 3.63) is 34.6 Å². The second-order valence-corrected chi connectivity index (χ2v) is 6.77. The van der Waals surface area contributed by atoms with Crippen LogP contribution in [0.5, 0.6) is 0 Å². The average Bonchev–Trinajstić information content (AvgIpc) is 2.38. The first-order chi connectivity index (χ1) is 9.79. The fourth-order valence-electron chi connectivity index (χ4n) is 2.62. The molecule has 1 aromatic rings. The van der Waals surface area contributed by atoms with Crippen molar-refractivity contribution < 1.29 is 9.13 Å². The summed E-state index contributed by atoms with van der Waals surface area (Å²) in [7, 11) is 0. The number of hydrogen-bond donors (Lipinski definition) is 1. The summed E-state index contributed by atoms with van der Waals surface area (Å²) < 4.78 is 19.6. The van der Waals surface area contributed by atoms with Crippen molar-refractivity contribution in [1.29, 1.82) is 0 Å². The predicted octanol–water partition coefficient (Wildman–Crippen LogP) is 4.45. The van der Waals surface area contributed by atoms with Crippen LogP contribution in [0.3, 0.4) is 0 Å². The van der Waals surface area contributed by atoms with Gasteiger partial charge in [0.1, 0.15) is 5.82 Å². The minimum Gasteiger partial charge on any atom is -0.376 e. The lowest BCUT2D eigenvalue weighted by molar-refractivity contribution is -0.0352. The summed E-state index contributed by atoms with van der Waals surface area (Å²) in [6.45, 7) is 12.1. The molecule has 0 bridgehead atoms. The molecule has 0 aromatic heterocycles. The van der Waals surface area contributed by atoms with Crippen LogP contribution in [0.25, 0.3) is 0 Å². The van der Waals surface area contributed by atoms with Gasteiger partial charge in [-0.2, -0.15) is 0 Å². The third kappa shape index (κ3) is 5.57. The SMILES string of the molecule is CCNC(Cc1ccc(Cl)c(F)c1)C(OCC)C(C)(C)C. The van der Waals surface area contributed by atoms with Gasteiger partial charge >= 0.3 is 0 Å². The van der Waals surface area contributed by atoms with Gasteiger partial charge in [0, 0.05) is 12.6 Å². The van der Waals surface area contributed by atoms with Gasteiger partial charge < -0.3 is 10.1 Å². The Morgan fingerprint density at radius 3 is 2.43 bits per heavy atom. The molecule has 1 N–H and O–H groups in total. The zero-order valence-corrected chi connectivity index (χ0v) is 14.4. The summed E-state index contributed by atoms with van der Waals surface area (Å²) in [5.74, 6) is -0.367. The Hall–Kier alpha value is -0.640. The Kier molecular flexibility index (Phi) is 7.11. The number of likely N-dealkylation sites (N-methyl/N-ethyl adjacent to an activating group) is 1. The van der Waals surface area contributed by atoms with Crippen LogP contribution in [0.1, 0.15) is 40.2 Å². The molecule has 1 aromatic carbocycles. The number of benzene rings is 1. The normalized spacial score (nSPS) is 15.0. The van der Waals surface area contributed by atoms with E-state index in [0.29, 0.717) is 13.0 Å². The zero-order chi connectivity index (χ0) is 16.0. The fourth-order valence-corrected chi connectivity index (χ4v) is 2.74. The van der Waals surface area contributed by atoms with Crippen molar-refractivity contribution in [2.24, 2.45) is 5.41 Å². The number of ether oxygens (including phenoxy) is 1. The molecule has 0 aliphatic heterocycles. The van der Waals surface area contributed by atoms with E-state index < -0.39 is 0 Å². The fraction of sp³-hybridized carbons (Fsp3) is 0.647. The van der Waals surface area contributed by atoms with Crippen molar-refractivity contribution in [3.63, 3.8) is 0 Å². The maximum atomic E-state index is 13.6. The molecule has 0 heterocycles. The monoisotopic (exact) mass is 315 g/mol. The van der Waals surface area contributed by atoms with Gasteiger partial charge in [-0.05, 0) is 43.0 Å². The van der Waals surface area contributed by atoms with Gasteiger partial charge in [0.15, 0.2) is 0 Å². The summed E-state index contributed by atoms with van der Waals surface area (Å²) in [6, 6.07) is 5.14. The van der Waals surface area contributed by atoms with E-state index in [4.69, 9.17) is 16.3 Å². The highest BCUT2D eigenvalue weighted by Crippen LogP contribution is 2.27. The Balaban J connectivity index is 2.95. The number of halogens is 2. The third-order valence-electron chi connectivity index (χ3n) is 3.47. The molecule has 4 heteroatoms. The van der Waals surface area contributed by atoms with E-state index >= 15 is 0 Å². The Morgan fingerprint density at radius 2 is 1.95 bits per heavy atom. The topological polar surface area (TPSA) is 21.3 Å². The molecule has 0 amide bonds. The minimum absolute atomic E-state index is 0.00775. The Morgan fingerprint density at radius 1 is 1.29 bits per heavy atom. The highest BCUT2D eigenvalue weighted by molar-refractivity contribution is 6.30. The lowest BCUT2D eigenvalue weighted by atomic mass is 9.82. The van der Waals surface area contributed by atoms with Crippen LogP contribution in [-0.4, -0.2) is 25.3 Å². The lowest BCUT2D eigenvalue weighted by Crippen LogP contribution is -2.49. The second-order valence-electron chi connectivity index (χ2n) is 6.36. The van der Waals surface area contributed by atoms with Gasteiger partial charge in [-0.3, -0.25) is 0 Å². The molecule has 0 radical (unpaired) electrons. The summed E-state index contributed by atoms with van der Waals surface area (Å²) in [5, 5.41) is 3.64. The van der Waals surface area contributed by atoms with E-state index in [1.165, 1.54) is 6.07 Å². The molecule has 2 atom stereocenters. The molecule has 2 unspecified atom stereocenters. The van der Waals surface area contributed by atoms with Crippen molar-refractivity contribution in [2.75, 3.05) is 13.2 Å².